The van der Waals surface area contributed by atoms with E-state index < -0.39 is 20.1 Å². The molecule has 0 saturated carbocycles. The first-order chi connectivity index (χ1) is 12.0. The highest BCUT2D eigenvalue weighted by molar-refractivity contribution is 7.88. The first-order valence-electron chi connectivity index (χ1n) is 6.98. The summed E-state index contributed by atoms with van der Waals surface area (Å²) in [6.45, 7) is 0.302. The molecule has 26 heavy (non-hydrogen) atoms. The van der Waals surface area contributed by atoms with Crippen LogP contribution >= 0.6 is 0 Å². The van der Waals surface area contributed by atoms with Crippen LogP contribution < -0.4 is 20.5 Å². The first kappa shape index (κ1) is 19.8. The van der Waals surface area contributed by atoms with E-state index in [1.807, 2.05) is 0 Å². The fourth-order valence-electron chi connectivity index (χ4n) is 1.69. The second-order valence-corrected chi connectivity index (χ2v) is 8.20. The zero-order valence-corrected chi connectivity index (χ0v) is 15.1. The van der Waals surface area contributed by atoms with Gasteiger partial charge in [0.25, 0.3) is 10.1 Å². The Labute approximate surface area is 149 Å². The van der Waals surface area contributed by atoms with Crippen molar-refractivity contribution in [1.82, 2.24) is 19.7 Å². The van der Waals surface area contributed by atoms with Crippen molar-refractivity contribution in [2.24, 2.45) is 0 Å². The van der Waals surface area contributed by atoms with Crippen LogP contribution in [0.1, 0.15) is 0 Å². The fraction of sp³-hybridized carbons (Fsp3) is 0.250. The number of aromatic nitrogens is 3. The third kappa shape index (κ3) is 6.40. The molecule has 0 fully saturated rings. The highest BCUT2D eigenvalue weighted by Crippen LogP contribution is 2.21. The average Bonchev–Trinajstić information content (AvgIpc) is 2.50. The SMILES string of the molecule is CS(=O)(=O)NCCNc1nc(N)nc(Oc2ccc(S(=O)(=O)O)cc2)n1. The number of rotatable bonds is 8. The topological polar surface area (TPSA) is 186 Å². The maximum absolute atomic E-state index is 11.0. The molecule has 0 atom stereocenters. The van der Waals surface area contributed by atoms with E-state index >= 15 is 0 Å². The van der Waals surface area contributed by atoms with Crippen LogP contribution in [0.3, 0.4) is 0 Å². The first-order valence-corrected chi connectivity index (χ1v) is 10.3. The zero-order valence-electron chi connectivity index (χ0n) is 13.4. The Balaban J connectivity index is 2.04. The molecular formula is C12H16N6O6S2. The summed E-state index contributed by atoms with van der Waals surface area (Å²) in [6, 6.07) is 4.73. The molecule has 0 aliphatic heterocycles. The van der Waals surface area contributed by atoms with Gasteiger partial charge in [0.15, 0.2) is 0 Å². The van der Waals surface area contributed by atoms with Gasteiger partial charge in [0.2, 0.25) is 21.9 Å². The second-order valence-electron chi connectivity index (χ2n) is 4.94. The number of anilines is 2. The molecule has 2 aromatic rings. The van der Waals surface area contributed by atoms with Gasteiger partial charge in [-0.15, -0.1) is 0 Å². The Bertz CT molecular complexity index is 978. The summed E-state index contributed by atoms with van der Waals surface area (Å²) < 4.78 is 60.5. The lowest BCUT2D eigenvalue weighted by molar-refractivity contribution is 0.441. The fourth-order valence-corrected chi connectivity index (χ4v) is 2.65. The minimum absolute atomic E-state index is 0.0670. The summed E-state index contributed by atoms with van der Waals surface area (Å²) >= 11 is 0. The third-order valence-electron chi connectivity index (χ3n) is 2.74. The summed E-state index contributed by atoms with van der Waals surface area (Å²) in [6.07, 6.45) is 1.03. The quantitative estimate of drug-likeness (QED) is 0.326. The number of sulfonamides is 1. The number of hydrogen-bond acceptors (Lipinski definition) is 10. The maximum atomic E-state index is 11.0. The van der Waals surface area contributed by atoms with E-state index in [9.17, 15) is 16.8 Å². The lowest BCUT2D eigenvalue weighted by Gasteiger charge is -2.08. The van der Waals surface area contributed by atoms with Crippen LogP contribution in [0.15, 0.2) is 29.2 Å². The molecule has 0 spiro atoms. The van der Waals surface area contributed by atoms with E-state index in [1.165, 1.54) is 12.1 Å². The van der Waals surface area contributed by atoms with Gasteiger partial charge in [-0.3, -0.25) is 4.55 Å². The maximum Gasteiger partial charge on any atom is 0.328 e. The molecule has 1 aromatic heterocycles. The number of hydrogen-bond donors (Lipinski definition) is 4. The molecule has 0 unspecified atom stereocenters. The van der Waals surface area contributed by atoms with Gasteiger partial charge in [0.05, 0.1) is 11.2 Å². The molecule has 0 aliphatic carbocycles. The van der Waals surface area contributed by atoms with Crippen LogP contribution in [0, 0.1) is 0 Å². The van der Waals surface area contributed by atoms with Gasteiger partial charge in [-0.1, -0.05) is 0 Å². The van der Waals surface area contributed by atoms with Crippen LogP contribution in [-0.4, -0.2) is 55.7 Å². The Kier molecular flexibility index (Phi) is 5.91. The van der Waals surface area contributed by atoms with Crippen LogP contribution in [0.2, 0.25) is 0 Å². The molecule has 12 nitrogen and oxygen atoms in total. The molecule has 0 radical (unpaired) electrons. The van der Waals surface area contributed by atoms with Gasteiger partial charge in [-0.25, -0.2) is 13.1 Å². The second kappa shape index (κ2) is 7.77. The van der Waals surface area contributed by atoms with Crippen molar-refractivity contribution in [3.63, 3.8) is 0 Å². The zero-order chi connectivity index (χ0) is 19.4. The van der Waals surface area contributed by atoms with Crippen molar-refractivity contribution < 1.29 is 26.1 Å². The van der Waals surface area contributed by atoms with Gasteiger partial charge in [0.1, 0.15) is 5.75 Å². The molecule has 2 rings (SSSR count). The highest BCUT2D eigenvalue weighted by atomic mass is 32.2. The van der Waals surface area contributed by atoms with Crippen molar-refractivity contribution in [1.29, 1.82) is 0 Å². The van der Waals surface area contributed by atoms with Crippen molar-refractivity contribution in [3.05, 3.63) is 24.3 Å². The summed E-state index contributed by atoms with van der Waals surface area (Å²) in [7, 11) is -7.61. The predicted octanol–water partition coefficient (Wildman–Crippen LogP) is -0.546. The van der Waals surface area contributed by atoms with Gasteiger partial charge < -0.3 is 15.8 Å². The molecule has 1 aromatic carbocycles. The lowest BCUT2D eigenvalue weighted by atomic mass is 10.3. The van der Waals surface area contributed by atoms with Crippen molar-refractivity contribution >= 4 is 32.0 Å². The summed E-state index contributed by atoms with van der Waals surface area (Å²) in [5, 5.41) is 2.75. The number of nitrogens with one attached hydrogen (secondary N) is 2. The van der Waals surface area contributed by atoms with Gasteiger partial charge in [-0.05, 0) is 24.3 Å². The third-order valence-corrected chi connectivity index (χ3v) is 4.33. The summed E-state index contributed by atoms with van der Waals surface area (Å²) in [4.78, 5) is 11.3. The molecule has 5 N–H and O–H groups in total. The van der Waals surface area contributed by atoms with E-state index in [2.05, 4.69) is 25.0 Å². The number of nitrogens with zero attached hydrogens (tertiary/aromatic N) is 3. The number of nitrogens with two attached hydrogens (primary N) is 1. The molecule has 0 saturated heterocycles. The van der Waals surface area contributed by atoms with E-state index in [0.29, 0.717) is 0 Å². The minimum atomic E-state index is -4.30. The molecule has 0 amide bonds. The predicted molar refractivity (Wildman–Crippen MR) is 91.9 cm³/mol. The smallest absolute Gasteiger partial charge is 0.328 e. The van der Waals surface area contributed by atoms with Crippen LogP contribution in [0.5, 0.6) is 11.8 Å². The van der Waals surface area contributed by atoms with Crippen molar-refractivity contribution in [2.75, 3.05) is 30.4 Å². The Morgan fingerprint density at radius 3 is 2.31 bits per heavy atom. The van der Waals surface area contributed by atoms with Crippen LogP contribution in [-0.2, 0) is 20.1 Å². The van der Waals surface area contributed by atoms with Gasteiger partial charge in [-0.2, -0.15) is 23.4 Å². The summed E-state index contributed by atoms with van der Waals surface area (Å²) in [5.74, 6) is 0.133. The number of ether oxygens (including phenoxy) is 1. The Morgan fingerprint density at radius 2 is 1.73 bits per heavy atom. The largest absolute Gasteiger partial charge is 0.424 e. The number of nitrogen functional groups attached to an aromatic ring is 1. The standard InChI is InChI=1S/C12H16N6O6S2/c1-25(19,20)15-7-6-14-11-16-10(13)17-12(18-11)24-8-2-4-9(5-3-8)26(21,22)23/h2-5,15H,6-7H2,1H3,(H,21,22,23)(H3,13,14,16,17,18). The molecule has 0 aliphatic rings. The monoisotopic (exact) mass is 404 g/mol. The van der Waals surface area contributed by atoms with Crippen molar-refractivity contribution in [2.45, 2.75) is 4.90 Å². The Morgan fingerprint density at radius 1 is 1.08 bits per heavy atom. The van der Waals surface area contributed by atoms with E-state index in [-0.39, 0.29) is 41.6 Å². The lowest BCUT2D eigenvalue weighted by Crippen LogP contribution is -2.28. The van der Waals surface area contributed by atoms with Gasteiger partial charge in [0, 0.05) is 13.1 Å². The van der Waals surface area contributed by atoms with Gasteiger partial charge >= 0.3 is 6.01 Å². The average molecular weight is 404 g/mol. The summed E-state index contributed by atoms with van der Waals surface area (Å²) in [5.41, 5.74) is 5.56. The molecule has 0 bridgehead atoms. The molecule has 142 valence electrons. The van der Waals surface area contributed by atoms with Crippen LogP contribution in [0.25, 0.3) is 0 Å². The van der Waals surface area contributed by atoms with Crippen molar-refractivity contribution in [3.8, 4) is 11.8 Å². The highest BCUT2D eigenvalue weighted by Gasteiger charge is 2.11. The normalized spacial score (nSPS) is 11.9. The van der Waals surface area contributed by atoms with E-state index in [1.54, 1.807) is 0 Å². The minimum Gasteiger partial charge on any atom is -0.424 e. The molecular weight excluding hydrogens is 388 g/mol. The molecule has 14 heteroatoms. The van der Waals surface area contributed by atoms with Crippen LogP contribution in [0.4, 0.5) is 11.9 Å². The van der Waals surface area contributed by atoms with E-state index in [4.69, 9.17) is 15.0 Å². The molecule has 1 heterocycles. The Hall–Kier alpha value is -2.55. The number of benzene rings is 1. The van der Waals surface area contributed by atoms with E-state index in [0.717, 1.165) is 18.4 Å².